The molecule has 0 unspecified atom stereocenters. The smallest absolute Gasteiger partial charge is 0.232 e. The molecule has 1 atom stereocenters. The van der Waals surface area contributed by atoms with Crippen molar-refractivity contribution < 1.29 is 4.79 Å². The van der Waals surface area contributed by atoms with Gasteiger partial charge in [-0.15, -0.1) is 0 Å². The summed E-state index contributed by atoms with van der Waals surface area (Å²) in [6, 6.07) is 0. The normalized spacial score (nSPS) is 19.5. The lowest BCUT2D eigenvalue weighted by molar-refractivity contribution is -0.122. The van der Waals surface area contributed by atoms with Crippen LogP contribution in [0, 0.1) is 5.92 Å². The molecule has 1 aliphatic carbocycles. The summed E-state index contributed by atoms with van der Waals surface area (Å²) in [5.74, 6) is 0.352. The second kappa shape index (κ2) is 4.00. The van der Waals surface area contributed by atoms with E-state index in [2.05, 4.69) is 4.72 Å². The Bertz CT molecular complexity index is 145. The first-order valence-electron chi connectivity index (χ1n) is 4.19. The third kappa shape index (κ3) is 3.14. The Morgan fingerprint density at radius 2 is 2.36 bits per heavy atom. The van der Waals surface area contributed by atoms with E-state index in [9.17, 15) is 4.79 Å². The summed E-state index contributed by atoms with van der Waals surface area (Å²) in [5.41, 5.74) is 0. The maximum atomic E-state index is 11.2. The molecule has 1 amide bonds. The third-order valence-corrected chi connectivity index (χ3v) is 3.03. The Hall–Kier alpha value is -0.180. The second-order valence-corrected chi connectivity index (χ2v) is 4.20. The minimum absolute atomic E-state index is 0.168. The third-order valence-electron chi connectivity index (χ3n) is 1.91. The molecule has 64 valence electrons. The topological polar surface area (TPSA) is 29.1 Å². The molecule has 0 heterocycles. The van der Waals surface area contributed by atoms with Gasteiger partial charge in [0.2, 0.25) is 5.91 Å². The van der Waals surface area contributed by atoms with Crippen molar-refractivity contribution in [1.82, 2.24) is 4.72 Å². The van der Waals surface area contributed by atoms with Crippen molar-refractivity contribution in [2.45, 2.75) is 38.4 Å². The van der Waals surface area contributed by atoms with E-state index in [4.69, 9.17) is 0 Å². The van der Waals surface area contributed by atoms with Crippen LogP contribution in [0.3, 0.4) is 0 Å². The molecule has 0 aromatic heterocycles. The van der Waals surface area contributed by atoms with Crippen LogP contribution in [0.1, 0.15) is 33.1 Å². The Kier molecular flexibility index (Phi) is 3.24. The van der Waals surface area contributed by atoms with Crippen LogP contribution in [0.15, 0.2) is 0 Å². The monoisotopic (exact) mass is 173 g/mol. The highest BCUT2D eigenvalue weighted by molar-refractivity contribution is 7.98. The molecule has 0 radical (unpaired) electrons. The highest BCUT2D eigenvalue weighted by Crippen LogP contribution is 2.31. The number of carbonyl (C=O) groups is 1. The number of hydrogen-bond donors (Lipinski definition) is 1. The number of nitrogens with one attached hydrogen (secondary N) is 1. The van der Waals surface area contributed by atoms with Gasteiger partial charge in [0.25, 0.3) is 0 Å². The molecule has 0 aromatic rings. The van der Waals surface area contributed by atoms with E-state index in [1.807, 2.05) is 13.8 Å². The van der Waals surface area contributed by atoms with Crippen LogP contribution in [0.5, 0.6) is 0 Å². The van der Waals surface area contributed by atoms with Crippen molar-refractivity contribution in [1.29, 1.82) is 0 Å². The summed E-state index contributed by atoms with van der Waals surface area (Å²) >= 11 is 1.59. The second-order valence-electron chi connectivity index (χ2n) is 3.09. The zero-order valence-electron chi connectivity index (χ0n) is 7.09. The number of carbonyl (C=O) groups excluding carboxylic acids is 1. The molecule has 3 heteroatoms. The van der Waals surface area contributed by atoms with Crippen LogP contribution in [-0.4, -0.2) is 11.2 Å². The molecule has 1 aliphatic rings. The Labute approximate surface area is 72.3 Å². The molecule has 0 spiro atoms. The summed E-state index contributed by atoms with van der Waals surface area (Å²) in [6.45, 7) is 3.99. The maximum absolute atomic E-state index is 11.2. The van der Waals surface area contributed by atoms with Crippen molar-refractivity contribution in [2.75, 3.05) is 0 Å². The van der Waals surface area contributed by atoms with Gasteiger partial charge in [0.05, 0.1) is 0 Å². The van der Waals surface area contributed by atoms with E-state index in [0.29, 0.717) is 5.25 Å². The minimum Gasteiger partial charge on any atom is -0.300 e. The Morgan fingerprint density at radius 1 is 1.73 bits per heavy atom. The summed E-state index contributed by atoms with van der Waals surface area (Å²) in [4.78, 5) is 11.2. The molecular formula is C8H15NOS. The first-order chi connectivity index (χ1) is 5.24. The van der Waals surface area contributed by atoms with Gasteiger partial charge in [-0.2, -0.15) is 0 Å². The van der Waals surface area contributed by atoms with E-state index in [1.54, 1.807) is 11.9 Å². The molecule has 1 N–H and O–H groups in total. The maximum Gasteiger partial charge on any atom is 0.232 e. The van der Waals surface area contributed by atoms with E-state index in [0.717, 1.165) is 6.42 Å². The predicted molar refractivity (Wildman–Crippen MR) is 48.2 cm³/mol. The van der Waals surface area contributed by atoms with Crippen molar-refractivity contribution in [3.8, 4) is 0 Å². The lowest BCUT2D eigenvalue weighted by Gasteiger charge is -2.07. The lowest BCUT2D eigenvalue weighted by atomic mass is 10.1. The zero-order valence-corrected chi connectivity index (χ0v) is 7.91. The molecule has 0 bridgehead atoms. The van der Waals surface area contributed by atoms with Gasteiger partial charge in [-0.05, 0) is 31.2 Å². The first kappa shape index (κ1) is 8.91. The highest BCUT2D eigenvalue weighted by Gasteiger charge is 2.23. The van der Waals surface area contributed by atoms with Gasteiger partial charge in [0.15, 0.2) is 0 Å². The summed E-state index contributed by atoms with van der Waals surface area (Å²) < 4.78 is 2.87. The average Bonchev–Trinajstić information content (AvgIpc) is 2.81. The quantitative estimate of drug-likeness (QED) is 0.658. The molecule has 0 aromatic carbocycles. The largest absolute Gasteiger partial charge is 0.300 e. The molecule has 0 aliphatic heterocycles. The van der Waals surface area contributed by atoms with Crippen molar-refractivity contribution >= 4 is 17.9 Å². The molecule has 1 rings (SSSR count). The number of rotatable bonds is 4. The van der Waals surface area contributed by atoms with Crippen molar-refractivity contribution in [2.24, 2.45) is 5.92 Å². The lowest BCUT2D eigenvalue weighted by Crippen LogP contribution is -2.23. The molecule has 2 nitrogen and oxygen atoms in total. The van der Waals surface area contributed by atoms with Crippen molar-refractivity contribution in [3.05, 3.63) is 0 Å². The van der Waals surface area contributed by atoms with Crippen molar-refractivity contribution in [3.63, 3.8) is 0 Å². The van der Waals surface area contributed by atoms with Crippen LogP contribution >= 0.6 is 11.9 Å². The summed E-state index contributed by atoms with van der Waals surface area (Å²) in [6.07, 6.45) is 3.47. The Balaban J connectivity index is 2.08. The van der Waals surface area contributed by atoms with E-state index < -0.39 is 0 Å². The van der Waals surface area contributed by atoms with Crippen LogP contribution in [0.25, 0.3) is 0 Å². The van der Waals surface area contributed by atoms with E-state index in [-0.39, 0.29) is 11.8 Å². The van der Waals surface area contributed by atoms with Gasteiger partial charge < -0.3 is 0 Å². The molecule has 1 saturated carbocycles. The fraction of sp³-hybridized carbons (Fsp3) is 0.875. The first-order valence-corrected chi connectivity index (χ1v) is 5.07. The van der Waals surface area contributed by atoms with Gasteiger partial charge in [-0.25, -0.2) is 0 Å². The minimum atomic E-state index is 0.168. The average molecular weight is 173 g/mol. The molecule has 1 fully saturated rings. The van der Waals surface area contributed by atoms with Crippen LogP contribution in [0.4, 0.5) is 0 Å². The standard InChI is InChI=1S/C8H15NOS/c1-3-6(2)8(10)9-11-7-4-5-7/h6-7H,3-5H2,1-2H3,(H,9,10)/t6-/m0/s1. The van der Waals surface area contributed by atoms with Crippen LogP contribution < -0.4 is 4.72 Å². The van der Waals surface area contributed by atoms with Gasteiger partial charge in [-0.3, -0.25) is 9.52 Å². The van der Waals surface area contributed by atoms with Gasteiger partial charge in [-0.1, -0.05) is 13.8 Å². The Morgan fingerprint density at radius 3 is 2.82 bits per heavy atom. The predicted octanol–water partition coefficient (Wildman–Crippen LogP) is 1.96. The summed E-state index contributed by atoms with van der Waals surface area (Å²) in [7, 11) is 0. The zero-order chi connectivity index (χ0) is 8.27. The van der Waals surface area contributed by atoms with E-state index >= 15 is 0 Å². The molecule has 0 saturated heterocycles. The fourth-order valence-corrected chi connectivity index (χ4v) is 1.47. The molecular weight excluding hydrogens is 158 g/mol. The van der Waals surface area contributed by atoms with E-state index in [1.165, 1.54) is 12.8 Å². The van der Waals surface area contributed by atoms with Gasteiger partial charge in [0.1, 0.15) is 0 Å². The van der Waals surface area contributed by atoms with Gasteiger partial charge >= 0.3 is 0 Å². The SMILES string of the molecule is CC[C@H](C)C(=O)NSC1CC1. The fourth-order valence-electron chi connectivity index (χ4n) is 0.613. The van der Waals surface area contributed by atoms with Crippen LogP contribution in [0.2, 0.25) is 0 Å². The number of hydrogen-bond acceptors (Lipinski definition) is 2. The highest BCUT2D eigenvalue weighted by atomic mass is 32.2. The molecule has 11 heavy (non-hydrogen) atoms. The van der Waals surface area contributed by atoms with Gasteiger partial charge in [0, 0.05) is 11.2 Å². The van der Waals surface area contributed by atoms with Crippen LogP contribution in [-0.2, 0) is 4.79 Å². The number of amides is 1. The summed E-state index contributed by atoms with van der Waals surface area (Å²) in [5, 5.41) is 0.711.